The van der Waals surface area contributed by atoms with Crippen LogP contribution in [0, 0.1) is 0 Å². The third-order valence-corrected chi connectivity index (χ3v) is 6.76. The van der Waals surface area contributed by atoms with Crippen molar-refractivity contribution in [3.8, 4) is 0 Å². The molecule has 3 aliphatic rings. The molecule has 4 aromatic carbocycles. The molecular formula is C30H16N4O4. The summed E-state index contributed by atoms with van der Waals surface area (Å²) >= 11 is 0. The summed E-state index contributed by atoms with van der Waals surface area (Å²) in [6.45, 7) is 0. The first-order valence-corrected chi connectivity index (χ1v) is 11.8. The van der Waals surface area contributed by atoms with Crippen molar-refractivity contribution in [2.75, 3.05) is 10.6 Å². The van der Waals surface area contributed by atoms with Crippen molar-refractivity contribution in [1.29, 1.82) is 0 Å². The molecule has 0 saturated heterocycles. The second-order valence-electron chi connectivity index (χ2n) is 9.04. The van der Waals surface area contributed by atoms with Crippen molar-refractivity contribution in [1.82, 2.24) is 0 Å². The molecule has 0 fully saturated rings. The highest BCUT2D eigenvalue weighted by molar-refractivity contribution is 6.54. The Bertz CT molecular complexity index is 1720. The van der Waals surface area contributed by atoms with Gasteiger partial charge in [-0.05, 0) is 48.5 Å². The van der Waals surface area contributed by atoms with E-state index >= 15 is 0 Å². The van der Waals surface area contributed by atoms with Gasteiger partial charge in [-0.25, -0.2) is 9.98 Å². The van der Waals surface area contributed by atoms with Gasteiger partial charge in [-0.1, -0.05) is 36.4 Å². The van der Waals surface area contributed by atoms with Crippen LogP contribution in [0.5, 0.6) is 0 Å². The lowest BCUT2D eigenvalue weighted by atomic mass is 9.83. The van der Waals surface area contributed by atoms with Gasteiger partial charge < -0.3 is 10.6 Å². The highest BCUT2D eigenvalue weighted by Gasteiger charge is 2.32. The second kappa shape index (κ2) is 8.01. The number of amides is 2. The standard InChI is InChI=1S/C30H16N4O4/c35-27-18-12-10-16(32-26-20-6-2-4-8-24(20)34-30(26)38)14-22(18)28(36)17-11-9-15(13-21(17)27)31-25-19-5-1-3-7-23(19)33-29(25)37/h1-14H,(H,31,33,37)(H,32,34,38). The molecule has 8 nitrogen and oxygen atoms in total. The monoisotopic (exact) mass is 496 g/mol. The fraction of sp³-hybridized carbons (Fsp3) is 0. The van der Waals surface area contributed by atoms with Gasteiger partial charge in [-0.2, -0.15) is 0 Å². The zero-order valence-corrected chi connectivity index (χ0v) is 19.6. The minimum absolute atomic E-state index is 0.221. The van der Waals surface area contributed by atoms with Crippen molar-refractivity contribution < 1.29 is 19.2 Å². The molecule has 2 amide bonds. The molecular weight excluding hydrogens is 480 g/mol. The summed E-state index contributed by atoms with van der Waals surface area (Å²) in [6, 6.07) is 23.8. The summed E-state index contributed by atoms with van der Waals surface area (Å²) in [5, 5.41) is 5.54. The predicted octanol–water partition coefficient (Wildman–Crippen LogP) is 4.61. The average molecular weight is 496 g/mol. The number of carbonyl (C=O) groups excluding carboxylic acids is 4. The van der Waals surface area contributed by atoms with E-state index in [0.717, 1.165) is 0 Å². The molecule has 0 bridgehead atoms. The fourth-order valence-electron chi connectivity index (χ4n) is 4.95. The summed E-state index contributed by atoms with van der Waals surface area (Å²) in [4.78, 5) is 60.7. The molecule has 1 aliphatic carbocycles. The highest BCUT2D eigenvalue weighted by Crippen LogP contribution is 2.34. The van der Waals surface area contributed by atoms with E-state index in [1.807, 2.05) is 24.3 Å². The Balaban J connectivity index is 1.26. The summed E-state index contributed by atoms with van der Waals surface area (Å²) in [7, 11) is 0. The number of ketones is 2. The van der Waals surface area contributed by atoms with E-state index in [0.29, 0.717) is 33.9 Å². The Morgan fingerprint density at radius 1 is 0.447 bits per heavy atom. The Hall–Kier alpha value is -5.50. The molecule has 0 unspecified atom stereocenters. The predicted molar refractivity (Wildman–Crippen MR) is 142 cm³/mol. The number of carbonyl (C=O) groups is 4. The van der Waals surface area contributed by atoms with Crippen LogP contribution in [0.4, 0.5) is 22.7 Å². The first-order valence-electron chi connectivity index (χ1n) is 11.8. The minimum Gasteiger partial charge on any atom is -0.320 e. The lowest BCUT2D eigenvalue weighted by molar-refractivity contribution is -0.110. The molecule has 0 aromatic heterocycles. The van der Waals surface area contributed by atoms with E-state index in [4.69, 9.17) is 0 Å². The number of benzene rings is 4. The maximum atomic E-state index is 13.4. The van der Waals surface area contributed by atoms with Crippen LogP contribution in [-0.4, -0.2) is 34.8 Å². The van der Waals surface area contributed by atoms with Crippen molar-refractivity contribution in [2.24, 2.45) is 9.98 Å². The summed E-state index contributed by atoms with van der Waals surface area (Å²) < 4.78 is 0. The van der Waals surface area contributed by atoms with Gasteiger partial charge in [0.25, 0.3) is 11.8 Å². The quantitative estimate of drug-likeness (QED) is 0.371. The SMILES string of the molecule is O=C1Nc2ccccc2C1=Nc1ccc2c(c1)C(=O)c1ccc(N=C3C(=O)Nc4ccccc43)cc1C2=O. The van der Waals surface area contributed by atoms with Gasteiger partial charge in [0.2, 0.25) is 0 Å². The Morgan fingerprint density at radius 3 is 1.32 bits per heavy atom. The molecule has 2 N–H and O–H groups in total. The van der Waals surface area contributed by atoms with Crippen LogP contribution in [0.1, 0.15) is 43.0 Å². The fourth-order valence-corrected chi connectivity index (χ4v) is 4.95. The Labute approximate surface area is 215 Å². The number of hydrogen-bond donors (Lipinski definition) is 2. The summed E-state index contributed by atoms with van der Waals surface area (Å²) in [5.41, 5.74) is 4.92. The van der Waals surface area contributed by atoms with Gasteiger partial charge in [0.15, 0.2) is 11.6 Å². The molecule has 2 aliphatic heterocycles. The lowest BCUT2D eigenvalue weighted by Crippen LogP contribution is -2.21. The maximum Gasteiger partial charge on any atom is 0.275 e. The number of anilines is 2. The minimum atomic E-state index is -0.329. The number of fused-ring (bicyclic) bond motifs is 4. The van der Waals surface area contributed by atoms with E-state index in [2.05, 4.69) is 20.6 Å². The van der Waals surface area contributed by atoms with Crippen molar-refractivity contribution in [3.05, 3.63) is 118 Å². The molecule has 8 heteroatoms. The Morgan fingerprint density at radius 2 is 0.868 bits per heavy atom. The summed E-state index contributed by atoms with van der Waals surface area (Å²) in [5.74, 6) is -1.30. The van der Waals surface area contributed by atoms with E-state index in [9.17, 15) is 19.2 Å². The normalized spacial score (nSPS) is 17.2. The molecule has 7 rings (SSSR count). The van der Waals surface area contributed by atoms with Crippen molar-refractivity contribution >= 4 is 57.6 Å². The molecule has 0 atom stereocenters. The van der Waals surface area contributed by atoms with Crippen LogP contribution < -0.4 is 10.6 Å². The summed E-state index contributed by atoms with van der Waals surface area (Å²) in [6.07, 6.45) is 0. The van der Waals surface area contributed by atoms with Gasteiger partial charge in [0.05, 0.1) is 22.7 Å². The largest absolute Gasteiger partial charge is 0.320 e. The van der Waals surface area contributed by atoms with Crippen molar-refractivity contribution in [3.63, 3.8) is 0 Å². The molecule has 38 heavy (non-hydrogen) atoms. The number of nitrogens with zero attached hydrogens (tertiary/aromatic N) is 2. The number of nitrogens with one attached hydrogen (secondary N) is 2. The second-order valence-corrected chi connectivity index (χ2v) is 9.04. The molecule has 180 valence electrons. The van der Waals surface area contributed by atoms with Crippen LogP contribution in [-0.2, 0) is 9.59 Å². The van der Waals surface area contributed by atoms with Crippen LogP contribution in [0.2, 0.25) is 0 Å². The van der Waals surface area contributed by atoms with E-state index in [1.54, 1.807) is 48.5 Å². The number of para-hydroxylation sites is 2. The van der Waals surface area contributed by atoms with E-state index in [-0.39, 0.29) is 57.1 Å². The molecule has 2 heterocycles. The first-order chi connectivity index (χ1) is 18.5. The molecule has 4 aromatic rings. The number of rotatable bonds is 2. The van der Waals surface area contributed by atoms with Crippen LogP contribution in [0.25, 0.3) is 0 Å². The number of aliphatic imine (C=N–C) groups is 2. The zero-order valence-electron chi connectivity index (χ0n) is 19.6. The molecule has 0 radical (unpaired) electrons. The molecule has 0 saturated carbocycles. The maximum absolute atomic E-state index is 13.4. The first kappa shape index (κ1) is 21.8. The topological polar surface area (TPSA) is 117 Å². The lowest BCUT2D eigenvalue weighted by Gasteiger charge is -2.18. The third-order valence-electron chi connectivity index (χ3n) is 6.76. The number of hydrogen-bond acceptors (Lipinski definition) is 6. The van der Waals surface area contributed by atoms with Crippen LogP contribution in [0.15, 0.2) is 94.9 Å². The van der Waals surface area contributed by atoms with Crippen LogP contribution >= 0.6 is 0 Å². The Kier molecular flexibility index (Phi) is 4.58. The average Bonchev–Trinajstić information content (AvgIpc) is 3.42. The highest BCUT2D eigenvalue weighted by atomic mass is 16.2. The third kappa shape index (κ3) is 3.24. The van der Waals surface area contributed by atoms with Gasteiger partial charge in [0.1, 0.15) is 11.4 Å². The molecule has 0 spiro atoms. The van der Waals surface area contributed by atoms with E-state index in [1.165, 1.54) is 12.1 Å². The van der Waals surface area contributed by atoms with E-state index < -0.39 is 0 Å². The zero-order chi connectivity index (χ0) is 26.0. The van der Waals surface area contributed by atoms with Gasteiger partial charge in [-0.3, -0.25) is 19.2 Å². The van der Waals surface area contributed by atoms with Crippen molar-refractivity contribution in [2.45, 2.75) is 0 Å². The van der Waals surface area contributed by atoms with Gasteiger partial charge in [0, 0.05) is 33.4 Å². The van der Waals surface area contributed by atoms with Gasteiger partial charge >= 0.3 is 0 Å². The van der Waals surface area contributed by atoms with Gasteiger partial charge in [-0.15, -0.1) is 0 Å². The van der Waals surface area contributed by atoms with Crippen LogP contribution in [0.3, 0.4) is 0 Å². The smallest absolute Gasteiger partial charge is 0.275 e.